The van der Waals surface area contributed by atoms with Gasteiger partial charge in [-0.3, -0.25) is 0 Å². The molecular weight excluding hydrogens is 905 g/mol. The van der Waals surface area contributed by atoms with E-state index in [1.54, 1.807) is 0 Å². The number of hydrogen-bond acceptors (Lipinski definition) is 2. The zero-order valence-electron chi connectivity index (χ0n) is 41.1. The fourth-order valence-corrected chi connectivity index (χ4v) is 11.9. The van der Waals surface area contributed by atoms with E-state index in [0.717, 1.165) is 39.0 Å². The Morgan fingerprint density at radius 2 is 0.600 bits per heavy atom. The monoisotopic (exact) mass is 952 g/mol. The second kappa shape index (κ2) is 18.4. The molecule has 13 aromatic rings. The van der Waals surface area contributed by atoms with Gasteiger partial charge in [-0.2, -0.15) is 0 Å². The van der Waals surface area contributed by atoms with E-state index in [4.69, 9.17) is 9.97 Å². The zero-order chi connectivity index (χ0) is 49.7. The van der Waals surface area contributed by atoms with Crippen molar-refractivity contribution in [2.75, 3.05) is 0 Å². The summed E-state index contributed by atoms with van der Waals surface area (Å²) in [6.45, 7) is 0. The molecule has 1 aliphatic rings. The molecule has 0 radical (unpaired) electrons. The van der Waals surface area contributed by atoms with Crippen LogP contribution in [0.3, 0.4) is 0 Å². The lowest BCUT2D eigenvalue weighted by molar-refractivity contribution is 0.768. The highest BCUT2D eigenvalue weighted by Crippen LogP contribution is 2.57. The summed E-state index contributed by atoms with van der Waals surface area (Å²) in [6.07, 6.45) is 0. The third-order valence-electron chi connectivity index (χ3n) is 15.4. The molecule has 0 atom stereocenters. The van der Waals surface area contributed by atoms with Crippen molar-refractivity contribution in [3.8, 4) is 89.5 Å². The van der Waals surface area contributed by atoms with Crippen LogP contribution < -0.4 is 0 Å². The Hall–Kier alpha value is -9.76. The minimum Gasteiger partial charge on any atom is -0.228 e. The molecule has 75 heavy (non-hydrogen) atoms. The van der Waals surface area contributed by atoms with Gasteiger partial charge in [0.05, 0.1) is 16.8 Å². The molecule has 12 aromatic carbocycles. The van der Waals surface area contributed by atoms with Crippen molar-refractivity contribution < 1.29 is 0 Å². The van der Waals surface area contributed by atoms with Crippen LogP contribution in [-0.2, 0) is 5.41 Å². The second-order valence-corrected chi connectivity index (χ2v) is 19.5. The lowest BCUT2D eigenvalue weighted by atomic mass is 9.67. The summed E-state index contributed by atoms with van der Waals surface area (Å²) in [7, 11) is 0. The topological polar surface area (TPSA) is 25.8 Å². The summed E-state index contributed by atoms with van der Waals surface area (Å²) in [4.78, 5) is 10.5. The molecule has 350 valence electrons. The molecule has 0 saturated heterocycles. The van der Waals surface area contributed by atoms with E-state index in [1.807, 2.05) is 6.07 Å². The minimum atomic E-state index is -0.439. The molecule has 0 unspecified atom stereocenters. The maximum absolute atomic E-state index is 5.32. The van der Waals surface area contributed by atoms with Crippen LogP contribution in [0.5, 0.6) is 0 Å². The summed E-state index contributed by atoms with van der Waals surface area (Å²) in [5, 5.41) is 4.74. The summed E-state index contributed by atoms with van der Waals surface area (Å²) >= 11 is 0. The van der Waals surface area contributed by atoms with Crippen LogP contribution in [0.2, 0.25) is 0 Å². The molecule has 14 rings (SSSR count). The van der Waals surface area contributed by atoms with Gasteiger partial charge in [0.1, 0.15) is 0 Å². The molecule has 0 N–H and O–H groups in total. The third kappa shape index (κ3) is 7.49. The number of fused-ring (bicyclic) bond motifs is 5. The molecule has 0 bridgehead atoms. The molecule has 2 heteroatoms. The Kier molecular flexibility index (Phi) is 10.8. The fourth-order valence-electron chi connectivity index (χ4n) is 11.9. The predicted molar refractivity (Wildman–Crippen MR) is 312 cm³/mol. The second-order valence-electron chi connectivity index (χ2n) is 19.5. The minimum absolute atomic E-state index is 0.439. The Morgan fingerprint density at radius 3 is 1.17 bits per heavy atom. The standard InChI is InChI=1S/C73H48N2/c1-5-19-49(20-6-1)50-33-35-51(36-34-50)52-37-39-53(40-38-52)70-48-71(75-72(74-70)54-21-7-2-8-22-54)66-45-44-64(61-29-15-16-30-62(61)66)63-43-42-58(59-27-13-14-28-60(59)63)55-41-46-69-67(47-55)65-31-17-18-32-68(65)73(69,56-23-9-3-10-24-56)57-25-11-4-12-26-57/h1-48H. The van der Waals surface area contributed by atoms with Crippen LogP contribution in [0.15, 0.2) is 291 Å². The Morgan fingerprint density at radius 1 is 0.213 bits per heavy atom. The Bertz CT molecular complexity index is 4200. The molecule has 0 spiro atoms. The zero-order valence-corrected chi connectivity index (χ0v) is 41.1. The fraction of sp³-hybridized carbons (Fsp3) is 0.0137. The summed E-state index contributed by atoms with van der Waals surface area (Å²) < 4.78 is 0. The maximum Gasteiger partial charge on any atom is 0.160 e. The molecule has 0 aliphatic heterocycles. The molecule has 2 nitrogen and oxygen atoms in total. The van der Waals surface area contributed by atoms with Crippen LogP contribution in [0.1, 0.15) is 22.3 Å². The molecular formula is C73H48N2. The van der Waals surface area contributed by atoms with Gasteiger partial charge in [-0.1, -0.05) is 279 Å². The van der Waals surface area contributed by atoms with Crippen LogP contribution in [0, 0.1) is 0 Å². The number of hydrogen-bond donors (Lipinski definition) is 0. The summed E-state index contributed by atoms with van der Waals surface area (Å²) in [6, 6.07) is 106. The number of benzene rings is 12. The SMILES string of the molecule is c1ccc(-c2ccc(-c3ccc(-c4cc(-c5ccc(-c6ccc(-c7ccc8c(c7)-c7ccccc7C8(c7ccccc7)c7ccccc7)c7ccccc67)c6ccccc56)nc(-c5ccccc5)n4)cc3)cc2)cc1. The van der Waals surface area contributed by atoms with Crippen molar-refractivity contribution in [3.05, 3.63) is 313 Å². The van der Waals surface area contributed by atoms with Crippen molar-refractivity contribution >= 4 is 21.5 Å². The molecule has 0 amide bonds. The Balaban J connectivity index is 0.857. The van der Waals surface area contributed by atoms with E-state index in [1.165, 1.54) is 88.5 Å². The highest BCUT2D eigenvalue weighted by molar-refractivity contribution is 6.12. The first kappa shape index (κ1) is 44.0. The van der Waals surface area contributed by atoms with Crippen molar-refractivity contribution in [1.82, 2.24) is 9.97 Å². The van der Waals surface area contributed by atoms with Gasteiger partial charge in [-0.25, -0.2) is 9.97 Å². The van der Waals surface area contributed by atoms with E-state index in [0.29, 0.717) is 5.82 Å². The van der Waals surface area contributed by atoms with E-state index < -0.39 is 5.41 Å². The van der Waals surface area contributed by atoms with Gasteiger partial charge in [0.25, 0.3) is 0 Å². The van der Waals surface area contributed by atoms with Gasteiger partial charge in [0, 0.05) is 16.7 Å². The molecule has 0 saturated carbocycles. The Labute approximate surface area is 437 Å². The average Bonchev–Trinajstić information content (AvgIpc) is 3.83. The van der Waals surface area contributed by atoms with Crippen LogP contribution in [0.4, 0.5) is 0 Å². The molecule has 1 heterocycles. The van der Waals surface area contributed by atoms with E-state index in [-0.39, 0.29) is 0 Å². The largest absolute Gasteiger partial charge is 0.228 e. The number of aromatic nitrogens is 2. The van der Waals surface area contributed by atoms with Crippen LogP contribution >= 0.6 is 0 Å². The molecule has 0 fully saturated rings. The van der Waals surface area contributed by atoms with Crippen molar-refractivity contribution in [2.45, 2.75) is 5.41 Å². The lowest BCUT2D eigenvalue weighted by Gasteiger charge is -2.33. The van der Waals surface area contributed by atoms with Gasteiger partial charge in [-0.15, -0.1) is 0 Å². The molecule has 1 aliphatic carbocycles. The summed E-state index contributed by atoms with van der Waals surface area (Å²) in [5.74, 6) is 0.694. The van der Waals surface area contributed by atoms with Crippen molar-refractivity contribution in [1.29, 1.82) is 0 Å². The van der Waals surface area contributed by atoms with Gasteiger partial charge < -0.3 is 0 Å². The number of rotatable bonds is 9. The van der Waals surface area contributed by atoms with E-state index in [9.17, 15) is 0 Å². The summed E-state index contributed by atoms with van der Waals surface area (Å²) in [5.41, 5.74) is 21.6. The first-order chi connectivity index (χ1) is 37.2. The quantitative estimate of drug-likeness (QED) is 0.144. The highest BCUT2D eigenvalue weighted by atomic mass is 14.9. The maximum atomic E-state index is 5.32. The number of nitrogens with zero attached hydrogens (tertiary/aromatic N) is 2. The third-order valence-corrected chi connectivity index (χ3v) is 15.4. The predicted octanol–water partition coefficient (Wildman–Crippen LogP) is 18.8. The van der Waals surface area contributed by atoms with Gasteiger partial charge >= 0.3 is 0 Å². The van der Waals surface area contributed by atoms with Crippen molar-refractivity contribution in [3.63, 3.8) is 0 Å². The first-order valence-corrected chi connectivity index (χ1v) is 25.8. The lowest BCUT2D eigenvalue weighted by Crippen LogP contribution is -2.28. The smallest absolute Gasteiger partial charge is 0.160 e. The van der Waals surface area contributed by atoms with Crippen molar-refractivity contribution in [2.24, 2.45) is 0 Å². The van der Waals surface area contributed by atoms with E-state index >= 15 is 0 Å². The van der Waals surface area contributed by atoms with Crippen LogP contribution in [0.25, 0.3) is 111 Å². The normalized spacial score (nSPS) is 12.4. The van der Waals surface area contributed by atoms with Gasteiger partial charge in [0.2, 0.25) is 0 Å². The first-order valence-electron chi connectivity index (χ1n) is 25.8. The van der Waals surface area contributed by atoms with Gasteiger partial charge in [0.15, 0.2) is 5.82 Å². The van der Waals surface area contributed by atoms with Crippen LogP contribution in [-0.4, -0.2) is 9.97 Å². The highest BCUT2D eigenvalue weighted by Gasteiger charge is 2.46. The van der Waals surface area contributed by atoms with Gasteiger partial charge in [-0.05, 0) is 112 Å². The van der Waals surface area contributed by atoms with E-state index in [2.05, 4.69) is 285 Å². The average molecular weight is 953 g/mol. The molecule has 1 aromatic heterocycles.